The van der Waals surface area contributed by atoms with E-state index in [0.717, 1.165) is 6.42 Å². The van der Waals surface area contributed by atoms with Crippen molar-refractivity contribution in [2.24, 2.45) is 0 Å². The molecule has 2 aromatic carbocycles. The Morgan fingerprint density at radius 1 is 1.07 bits per heavy atom. The number of fused-ring (bicyclic) bond motifs is 1. The molecule has 0 aliphatic rings. The Kier molecular flexibility index (Phi) is 2.51. The van der Waals surface area contributed by atoms with E-state index in [-0.39, 0.29) is 6.61 Å². The number of hydrogen-bond acceptors (Lipinski definition) is 1. The molecule has 0 saturated heterocycles. The number of aliphatic hydroxyl groups is 1. The third-order valence-electron chi connectivity index (χ3n) is 2.58. The largest absolute Gasteiger partial charge is 0.396 e. The maximum atomic E-state index is 8.97. The summed E-state index contributed by atoms with van der Waals surface area (Å²) in [5, 5.41) is 11.5. The van der Waals surface area contributed by atoms with Crippen LogP contribution in [0.4, 0.5) is 0 Å². The highest BCUT2D eigenvalue weighted by molar-refractivity contribution is 5.88. The number of rotatable bonds is 2. The van der Waals surface area contributed by atoms with Crippen molar-refractivity contribution in [2.75, 3.05) is 6.61 Å². The van der Waals surface area contributed by atoms with Crippen molar-refractivity contribution in [2.45, 2.75) is 13.3 Å². The molecular formula is C13H14O. The van der Waals surface area contributed by atoms with Crippen molar-refractivity contribution in [3.05, 3.63) is 47.5 Å². The van der Waals surface area contributed by atoms with Gasteiger partial charge in [0.25, 0.3) is 0 Å². The van der Waals surface area contributed by atoms with Crippen LogP contribution < -0.4 is 0 Å². The Hall–Kier alpha value is -1.34. The predicted octanol–water partition coefficient (Wildman–Crippen LogP) is 2.68. The highest BCUT2D eigenvalue weighted by Gasteiger charge is 2.01. The molecule has 14 heavy (non-hydrogen) atoms. The second-order valence-corrected chi connectivity index (χ2v) is 3.56. The minimum atomic E-state index is 0.216. The second kappa shape index (κ2) is 3.81. The fourth-order valence-electron chi connectivity index (χ4n) is 1.95. The first-order valence-corrected chi connectivity index (χ1v) is 4.91. The van der Waals surface area contributed by atoms with Crippen LogP contribution in [0.3, 0.4) is 0 Å². The highest BCUT2D eigenvalue weighted by Crippen LogP contribution is 2.22. The van der Waals surface area contributed by atoms with Gasteiger partial charge in [-0.05, 0) is 35.2 Å². The van der Waals surface area contributed by atoms with E-state index >= 15 is 0 Å². The summed E-state index contributed by atoms with van der Waals surface area (Å²) in [5.74, 6) is 0. The minimum absolute atomic E-state index is 0.216. The van der Waals surface area contributed by atoms with Crippen LogP contribution in [0, 0.1) is 6.92 Å². The van der Waals surface area contributed by atoms with E-state index in [9.17, 15) is 0 Å². The summed E-state index contributed by atoms with van der Waals surface area (Å²) in [6.45, 7) is 2.33. The van der Waals surface area contributed by atoms with E-state index < -0.39 is 0 Å². The van der Waals surface area contributed by atoms with Crippen LogP contribution in [-0.2, 0) is 6.42 Å². The Morgan fingerprint density at radius 2 is 1.79 bits per heavy atom. The number of aryl methyl sites for hydroxylation is 1. The van der Waals surface area contributed by atoms with Crippen molar-refractivity contribution >= 4 is 10.8 Å². The first-order valence-electron chi connectivity index (χ1n) is 4.91. The monoisotopic (exact) mass is 186 g/mol. The molecular weight excluding hydrogens is 172 g/mol. The average molecular weight is 186 g/mol. The van der Waals surface area contributed by atoms with Crippen LogP contribution in [0.25, 0.3) is 10.8 Å². The molecule has 0 heterocycles. The number of hydrogen-bond donors (Lipinski definition) is 1. The van der Waals surface area contributed by atoms with E-state index in [1.807, 2.05) is 6.07 Å². The van der Waals surface area contributed by atoms with Crippen LogP contribution >= 0.6 is 0 Å². The van der Waals surface area contributed by atoms with Gasteiger partial charge in [0, 0.05) is 6.61 Å². The Labute approximate surface area is 84.0 Å². The molecule has 0 aliphatic carbocycles. The first kappa shape index (κ1) is 9.22. The molecule has 0 amide bonds. The summed E-state index contributed by atoms with van der Waals surface area (Å²) in [6.07, 6.45) is 0.738. The van der Waals surface area contributed by atoms with Crippen molar-refractivity contribution in [1.82, 2.24) is 0 Å². The zero-order valence-corrected chi connectivity index (χ0v) is 8.33. The average Bonchev–Trinajstić information content (AvgIpc) is 2.19. The van der Waals surface area contributed by atoms with Crippen LogP contribution in [0.1, 0.15) is 11.1 Å². The molecule has 0 bridgehead atoms. The van der Waals surface area contributed by atoms with E-state index in [1.54, 1.807) is 0 Å². The van der Waals surface area contributed by atoms with Crippen LogP contribution in [0.5, 0.6) is 0 Å². The molecule has 0 unspecified atom stereocenters. The highest BCUT2D eigenvalue weighted by atomic mass is 16.2. The Balaban J connectivity index is 2.71. The van der Waals surface area contributed by atoms with E-state index in [0.29, 0.717) is 0 Å². The Morgan fingerprint density at radius 3 is 2.50 bits per heavy atom. The lowest BCUT2D eigenvalue weighted by Gasteiger charge is -2.07. The van der Waals surface area contributed by atoms with Crippen LogP contribution in [-0.4, -0.2) is 11.7 Å². The first-order chi connectivity index (χ1) is 6.83. The molecule has 2 rings (SSSR count). The summed E-state index contributed by atoms with van der Waals surface area (Å²) < 4.78 is 0. The normalized spacial score (nSPS) is 10.7. The van der Waals surface area contributed by atoms with Gasteiger partial charge in [-0.3, -0.25) is 0 Å². The number of benzene rings is 2. The Bertz CT molecular complexity index is 441. The zero-order valence-electron chi connectivity index (χ0n) is 8.33. The van der Waals surface area contributed by atoms with Crippen molar-refractivity contribution in [3.8, 4) is 0 Å². The second-order valence-electron chi connectivity index (χ2n) is 3.56. The topological polar surface area (TPSA) is 20.2 Å². The summed E-state index contributed by atoms with van der Waals surface area (Å²) in [5.41, 5.74) is 2.52. The summed E-state index contributed by atoms with van der Waals surface area (Å²) >= 11 is 0. The zero-order chi connectivity index (χ0) is 9.97. The summed E-state index contributed by atoms with van der Waals surface area (Å²) in [6, 6.07) is 12.5. The summed E-state index contributed by atoms with van der Waals surface area (Å²) in [4.78, 5) is 0. The molecule has 1 N–H and O–H groups in total. The van der Waals surface area contributed by atoms with Crippen LogP contribution in [0.2, 0.25) is 0 Å². The van der Waals surface area contributed by atoms with Gasteiger partial charge in [-0.1, -0.05) is 36.4 Å². The van der Waals surface area contributed by atoms with Gasteiger partial charge in [0.15, 0.2) is 0 Å². The molecule has 0 aliphatic heterocycles. The molecule has 2 aromatic rings. The third-order valence-corrected chi connectivity index (χ3v) is 2.58. The summed E-state index contributed by atoms with van der Waals surface area (Å²) in [7, 11) is 0. The smallest absolute Gasteiger partial charge is 0.0471 e. The number of aliphatic hydroxyl groups excluding tert-OH is 1. The molecule has 0 saturated carbocycles. The standard InChI is InChI=1S/C13H14O/c1-10-4-2-5-11-6-3-7-12(8-9-14)13(10)11/h2-7,14H,8-9H2,1H3. The lowest BCUT2D eigenvalue weighted by Crippen LogP contribution is -1.93. The molecule has 72 valence electrons. The quantitative estimate of drug-likeness (QED) is 0.764. The van der Waals surface area contributed by atoms with E-state index in [2.05, 4.69) is 37.3 Å². The van der Waals surface area contributed by atoms with Crippen molar-refractivity contribution < 1.29 is 5.11 Å². The molecule has 0 radical (unpaired) electrons. The lowest BCUT2D eigenvalue weighted by atomic mass is 9.98. The lowest BCUT2D eigenvalue weighted by molar-refractivity contribution is 0.300. The van der Waals surface area contributed by atoms with Gasteiger partial charge in [-0.2, -0.15) is 0 Å². The van der Waals surface area contributed by atoms with Crippen molar-refractivity contribution in [1.29, 1.82) is 0 Å². The predicted molar refractivity (Wildman–Crippen MR) is 59.5 cm³/mol. The van der Waals surface area contributed by atoms with E-state index in [4.69, 9.17) is 5.11 Å². The van der Waals surface area contributed by atoms with Crippen LogP contribution in [0.15, 0.2) is 36.4 Å². The molecule has 0 atom stereocenters. The molecule has 0 fully saturated rings. The maximum Gasteiger partial charge on any atom is 0.0471 e. The van der Waals surface area contributed by atoms with Gasteiger partial charge >= 0.3 is 0 Å². The molecule has 1 nitrogen and oxygen atoms in total. The van der Waals surface area contributed by atoms with Gasteiger partial charge in [0.2, 0.25) is 0 Å². The fraction of sp³-hybridized carbons (Fsp3) is 0.231. The van der Waals surface area contributed by atoms with Gasteiger partial charge in [0.05, 0.1) is 0 Å². The van der Waals surface area contributed by atoms with Crippen molar-refractivity contribution in [3.63, 3.8) is 0 Å². The van der Waals surface area contributed by atoms with Gasteiger partial charge in [0.1, 0.15) is 0 Å². The molecule has 1 heteroatoms. The SMILES string of the molecule is Cc1cccc2cccc(CCO)c12. The van der Waals surface area contributed by atoms with Gasteiger partial charge < -0.3 is 5.11 Å². The van der Waals surface area contributed by atoms with Gasteiger partial charge in [-0.15, -0.1) is 0 Å². The molecule has 0 aromatic heterocycles. The third kappa shape index (κ3) is 1.51. The maximum absolute atomic E-state index is 8.97. The fourth-order valence-corrected chi connectivity index (χ4v) is 1.95. The van der Waals surface area contributed by atoms with E-state index in [1.165, 1.54) is 21.9 Å². The molecule has 0 spiro atoms. The minimum Gasteiger partial charge on any atom is -0.396 e. The van der Waals surface area contributed by atoms with Gasteiger partial charge in [-0.25, -0.2) is 0 Å².